The normalized spacial score (nSPS) is 11.4. The molecule has 0 radical (unpaired) electrons. The van der Waals surface area contributed by atoms with E-state index in [1.807, 2.05) is 58.0 Å². The Balaban J connectivity index is 2.61. The Morgan fingerprint density at radius 1 is 1.19 bits per heavy atom. The summed E-state index contributed by atoms with van der Waals surface area (Å²) >= 11 is 0. The maximum atomic E-state index is 12.1. The first-order chi connectivity index (χ1) is 9.81. The predicted molar refractivity (Wildman–Crippen MR) is 85.6 cm³/mol. The van der Waals surface area contributed by atoms with Gasteiger partial charge < -0.3 is 10.2 Å². The first kappa shape index (κ1) is 17.0. The summed E-state index contributed by atoms with van der Waals surface area (Å²) in [4.78, 5) is 25.5. The highest BCUT2D eigenvalue weighted by Gasteiger charge is 2.17. The molecule has 1 N–H and O–H groups in total. The van der Waals surface area contributed by atoms with Crippen molar-refractivity contribution in [2.45, 2.75) is 33.2 Å². The second-order valence-corrected chi connectivity index (χ2v) is 5.89. The third-order valence-electron chi connectivity index (χ3n) is 2.76. The lowest BCUT2D eigenvalue weighted by molar-refractivity contribution is -0.132. The van der Waals surface area contributed by atoms with E-state index in [1.54, 1.807) is 6.08 Å². The molecule has 1 rings (SSSR count). The number of nitrogens with one attached hydrogen (secondary N) is 1. The minimum absolute atomic E-state index is 0.0751. The lowest BCUT2D eigenvalue weighted by atomic mass is 10.1. The second-order valence-electron chi connectivity index (χ2n) is 5.89. The minimum atomic E-state index is -0.292. The van der Waals surface area contributed by atoms with Crippen LogP contribution in [-0.4, -0.2) is 35.3 Å². The van der Waals surface area contributed by atoms with Gasteiger partial charge in [-0.1, -0.05) is 30.3 Å². The molecule has 1 aromatic rings. The van der Waals surface area contributed by atoms with Gasteiger partial charge in [0, 0.05) is 18.2 Å². The van der Waals surface area contributed by atoms with Gasteiger partial charge >= 0.3 is 0 Å². The van der Waals surface area contributed by atoms with Crippen LogP contribution in [0.3, 0.4) is 0 Å². The van der Waals surface area contributed by atoms with Crippen molar-refractivity contribution in [3.63, 3.8) is 0 Å². The van der Waals surface area contributed by atoms with Gasteiger partial charge in [0.15, 0.2) is 0 Å². The van der Waals surface area contributed by atoms with Gasteiger partial charge in [0.25, 0.3) is 0 Å². The lowest BCUT2D eigenvalue weighted by Crippen LogP contribution is -2.47. The van der Waals surface area contributed by atoms with Gasteiger partial charge in [-0.25, -0.2) is 0 Å². The average Bonchev–Trinajstić information content (AvgIpc) is 2.41. The lowest BCUT2D eigenvalue weighted by Gasteiger charge is -2.24. The largest absolute Gasteiger partial charge is 0.350 e. The molecule has 0 bridgehead atoms. The molecule has 0 atom stereocenters. The number of hydrogen-bond donors (Lipinski definition) is 1. The van der Waals surface area contributed by atoms with Crippen LogP contribution in [0.15, 0.2) is 36.4 Å². The van der Waals surface area contributed by atoms with Gasteiger partial charge in [0.05, 0.1) is 6.54 Å². The third-order valence-corrected chi connectivity index (χ3v) is 2.76. The molecular weight excluding hydrogens is 264 g/mol. The Bertz CT molecular complexity index is 501. The highest BCUT2D eigenvalue weighted by Crippen LogP contribution is 2.03. The van der Waals surface area contributed by atoms with Crippen LogP contribution in [0.25, 0.3) is 6.08 Å². The van der Waals surface area contributed by atoms with Crippen LogP contribution in [0.2, 0.25) is 0 Å². The fourth-order valence-electron chi connectivity index (χ4n) is 1.81. The van der Waals surface area contributed by atoms with Crippen LogP contribution in [0, 0.1) is 0 Å². The Morgan fingerprint density at radius 2 is 1.81 bits per heavy atom. The molecule has 114 valence electrons. The average molecular weight is 288 g/mol. The van der Waals surface area contributed by atoms with Gasteiger partial charge in [-0.3, -0.25) is 9.59 Å². The standard InChI is InChI=1S/C17H24N2O2/c1-5-19(13-15(20)18-17(2,3)4)16(21)12-11-14-9-7-6-8-10-14/h6-12H,5,13H2,1-4H3,(H,18,20)/b12-11+. The Hall–Kier alpha value is -2.10. The van der Waals surface area contributed by atoms with E-state index >= 15 is 0 Å². The molecular formula is C17H24N2O2. The summed E-state index contributed by atoms with van der Waals surface area (Å²) in [6.07, 6.45) is 3.26. The second kappa shape index (κ2) is 7.62. The zero-order chi connectivity index (χ0) is 15.9. The minimum Gasteiger partial charge on any atom is -0.350 e. The SMILES string of the molecule is CCN(CC(=O)NC(C)(C)C)C(=O)/C=C/c1ccccc1. The zero-order valence-electron chi connectivity index (χ0n) is 13.2. The van der Waals surface area contributed by atoms with Crippen molar-refractivity contribution in [3.8, 4) is 0 Å². The summed E-state index contributed by atoms with van der Waals surface area (Å²) in [5.41, 5.74) is 0.667. The van der Waals surface area contributed by atoms with E-state index in [2.05, 4.69) is 5.32 Å². The number of nitrogens with zero attached hydrogens (tertiary/aromatic N) is 1. The summed E-state index contributed by atoms with van der Waals surface area (Å²) in [6.45, 7) is 8.18. The molecule has 2 amide bonds. The summed E-state index contributed by atoms with van der Waals surface area (Å²) in [5, 5.41) is 2.86. The van der Waals surface area contributed by atoms with E-state index in [0.717, 1.165) is 5.56 Å². The van der Waals surface area contributed by atoms with E-state index in [9.17, 15) is 9.59 Å². The van der Waals surface area contributed by atoms with E-state index in [1.165, 1.54) is 11.0 Å². The molecule has 0 aliphatic rings. The fourth-order valence-corrected chi connectivity index (χ4v) is 1.81. The number of likely N-dealkylation sites (N-methyl/N-ethyl adjacent to an activating group) is 1. The summed E-state index contributed by atoms with van der Waals surface area (Å²) < 4.78 is 0. The van der Waals surface area contributed by atoms with Crippen LogP contribution < -0.4 is 5.32 Å². The van der Waals surface area contributed by atoms with Gasteiger partial charge in [0.2, 0.25) is 11.8 Å². The maximum absolute atomic E-state index is 12.1. The van der Waals surface area contributed by atoms with Crippen LogP contribution in [0.1, 0.15) is 33.3 Å². The van der Waals surface area contributed by atoms with Crippen molar-refractivity contribution in [1.82, 2.24) is 10.2 Å². The van der Waals surface area contributed by atoms with E-state index in [0.29, 0.717) is 6.54 Å². The molecule has 21 heavy (non-hydrogen) atoms. The van der Waals surface area contributed by atoms with Crippen molar-refractivity contribution >= 4 is 17.9 Å². The van der Waals surface area contributed by atoms with Gasteiger partial charge in [-0.2, -0.15) is 0 Å². The first-order valence-electron chi connectivity index (χ1n) is 7.15. The number of carbonyl (C=O) groups excluding carboxylic acids is 2. The number of hydrogen-bond acceptors (Lipinski definition) is 2. The number of amides is 2. The van der Waals surface area contributed by atoms with E-state index in [4.69, 9.17) is 0 Å². The highest BCUT2D eigenvalue weighted by atomic mass is 16.2. The molecule has 1 aromatic carbocycles. The van der Waals surface area contributed by atoms with E-state index in [-0.39, 0.29) is 23.9 Å². The molecule has 0 unspecified atom stereocenters. The van der Waals surface area contributed by atoms with Crippen molar-refractivity contribution in [2.75, 3.05) is 13.1 Å². The predicted octanol–water partition coefficient (Wildman–Crippen LogP) is 2.46. The first-order valence-corrected chi connectivity index (χ1v) is 7.15. The molecule has 0 fully saturated rings. The van der Waals surface area contributed by atoms with Crippen LogP contribution >= 0.6 is 0 Å². The smallest absolute Gasteiger partial charge is 0.247 e. The molecule has 0 saturated heterocycles. The van der Waals surface area contributed by atoms with Crippen molar-refractivity contribution in [1.29, 1.82) is 0 Å². The summed E-state index contributed by atoms with van der Waals surface area (Å²) in [7, 11) is 0. The van der Waals surface area contributed by atoms with Gasteiger partial charge in [-0.05, 0) is 39.3 Å². The maximum Gasteiger partial charge on any atom is 0.247 e. The molecule has 0 aliphatic heterocycles. The monoisotopic (exact) mass is 288 g/mol. The Kier molecular flexibility index (Phi) is 6.15. The van der Waals surface area contributed by atoms with E-state index < -0.39 is 0 Å². The molecule has 0 heterocycles. The van der Waals surface area contributed by atoms with Gasteiger partial charge in [0.1, 0.15) is 0 Å². The van der Waals surface area contributed by atoms with Crippen molar-refractivity contribution in [2.24, 2.45) is 0 Å². The highest BCUT2D eigenvalue weighted by molar-refractivity contribution is 5.94. The van der Waals surface area contributed by atoms with Gasteiger partial charge in [-0.15, -0.1) is 0 Å². The van der Waals surface area contributed by atoms with Crippen molar-refractivity contribution < 1.29 is 9.59 Å². The number of benzene rings is 1. The molecule has 4 nitrogen and oxygen atoms in total. The number of carbonyl (C=O) groups is 2. The zero-order valence-corrected chi connectivity index (χ0v) is 13.2. The molecule has 0 saturated carbocycles. The molecule has 4 heteroatoms. The Morgan fingerprint density at radius 3 is 2.33 bits per heavy atom. The quantitative estimate of drug-likeness (QED) is 0.846. The van der Waals surface area contributed by atoms with Crippen LogP contribution in [0.5, 0.6) is 0 Å². The third kappa shape index (κ3) is 6.75. The Labute approximate surface area is 126 Å². The number of rotatable bonds is 5. The van der Waals surface area contributed by atoms with Crippen LogP contribution in [0.4, 0.5) is 0 Å². The van der Waals surface area contributed by atoms with Crippen LogP contribution in [-0.2, 0) is 9.59 Å². The fraction of sp³-hybridized carbons (Fsp3) is 0.412. The topological polar surface area (TPSA) is 49.4 Å². The molecule has 0 spiro atoms. The van der Waals surface area contributed by atoms with Crippen molar-refractivity contribution in [3.05, 3.63) is 42.0 Å². The summed E-state index contributed by atoms with van der Waals surface area (Å²) in [6, 6.07) is 9.60. The molecule has 0 aliphatic carbocycles. The summed E-state index contributed by atoms with van der Waals surface area (Å²) in [5.74, 6) is -0.309. The molecule has 0 aromatic heterocycles.